The largest absolute Gasteiger partial charge is 0.327 e. The topological polar surface area (TPSA) is 29.3 Å². The highest BCUT2D eigenvalue weighted by Gasteiger charge is 2.15. The molecule has 2 heteroatoms. The lowest BCUT2D eigenvalue weighted by Gasteiger charge is -2.30. The average Bonchev–Trinajstić information content (AvgIpc) is 2.03. The normalized spacial score (nSPS) is 25.4. The van der Waals surface area contributed by atoms with Crippen LogP contribution in [0.15, 0.2) is 0 Å². The second kappa shape index (κ2) is 5.61. The van der Waals surface area contributed by atoms with E-state index in [4.69, 9.17) is 5.73 Å². The van der Waals surface area contributed by atoms with E-state index in [1.54, 1.807) is 0 Å². The van der Waals surface area contributed by atoms with Crippen LogP contribution in [0.3, 0.4) is 0 Å². The lowest BCUT2D eigenvalue weighted by Crippen LogP contribution is -2.43. The van der Waals surface area contributed by atoms with Gasteiger partial charge in [-0.05, 0) is 44.7 Å². The molecule has 1 heterocycles. The standard InChI is InChI=1S/C11H24N2/c1-10(2)5-3-7-13-8-4-6-11(12)9-13/h10-11H,3-9,12H2,1-2H3. The minimum atomic E-state index is 0.438. The zero-order chi connectivity index (χ0) is 9.68. The fourth-order valence-corrected chi connectivity index (χ4v) is 2.02. The molecule has 0 aromatic heterocycles. The van der Waals surface area contributed by atoms with Gasteiger partial charge in [0.05, 0.1) is 0 Å². The van der Waals surface area contributed by atoms with Crippen molar-refractivity contribution in [1.29, 1.82) is 0 Å². The molecule has 0 bridgehead atoms. The predicted octanol–water partition coefficient (Wildman–Crippen LogP) is 1.85. The zero-order valence-electron chi connectivity index (χ0n) is 9.13. The Morgan fingerprint density at radius 2 is 2.23 bits per heavy atom. The Morgan fingerprint density at radius 3 is 2.85 bits per heavy atom. The molecule has 1 saturated heterocycles. The molecule has 2 N–H and O–H groups in total. The Hall–Kier alpha value is -0.0800. The number of hydrogen-bond acceptors (Lipinski definition) is 2. The van der Waals surface area contributed by atoms with Crippen LogP contribution >= 0.6 is 0 Å². The van der Waals surface area contributed by atoms with Crippen molar-refractivity contribution < 1.29 is 0 Å². The van der Waals surface area contributed by atoms with Crippen LogP contribution in [0.5, 0.6) is 0 Å². The summed E-state index contributed by atoms with van der Waals surface area (Å²) in [6.07, 6.45) is 5.21. The summed E-state index contributed by atoms with van der Waals surface area (Å²) in [5.74, 6) is 0.846. The zero-order valence-corrected chi connectivity index (χ0v) is 9.13. The van der Waals surface area contributed by atoms with Gasteiger partial charge in [-0.1, -0.05) is 13.8 Å². The van der Waals surface area contributed by atoms with Gasteiger partial charge in [0, 0.05) is 12.6 Å². The summed E-state index contributed by atoms with van der Waals surface area (Å²) in [5.41, 5.74) is 5.91. The van der Waals surface area contributed by atoms with Gasteiger partial charge in [-0.2, -0.15) is 0 Å². The second-order valence-corrected chi connectivity index (χ2v) is 4.74. The van der Waals surface area contributed by atoms with Crippen molar-refractivity contribution in [1.82, 2.24) is 4.90 Å². The van der Waals surface area contributed by atoms with Crippen LogP contribution in [0.4, 0.5) is 0 Å². The van der Waals surface area contributed by atoms with E-state index < -0.39 is 0 Å². The molecule has 1 aliphatic rings. The van der Waals surface area contributed by atoms with Crippen LogP contribution in [-0.4, -0.2) is 30.6 Å². The van der Waals surface area contributed by atoms with Gasteiger partial charge in [0.2, 0.25) is 0 Å². The van der Waals surface area contributed by atoms with Crippen molar-refractivity contribution in [3.05, 3.63) is 0 Å². The Bertz CT molecular complexity index is 134. The lowest BCUT2D eigenvalue weighted by atomic mass is 10.0. The van der Waals surface area contributed by atoms with Crippen LogP contribution in [0, 0.1) is 5.92 Å². The van der Waals surface area contributed by atoms with Crippen molar-refractivity contribution in [3.8, 4) is 0 Å². The SMILES string of the molecule is CC(C)CCCN1CCCC(N)C1. The first-order valence-electron chi connectivity index (χ1n) is 5.66. The van der Waals surface area contributed by atoms with Gasteiger partial charge >= 0.3 is 0 Å². The first-order valence-corrected chi connectivity index (χ1v) is 5.66. The van der Waals surface area contributed by atoms with E-state index in [1.807, 2.05) is 0 Å². The summed E-state index contributed by atoms with van der Waals surface area (Å²) < 4.78 is 0. The van der Waals surface area contributed by atoms with Crippen molar-refractivity contribution in [2.45, 2.75) is 45.6 Å². The number of nitrogens with two attached hydrogens (primary N) is 1. The van der Waals surface area contributed by atoms with E-state index in [-0.39, 0.29) is 0 Å². The molecule has 0 aromatic rings. The third-order valence-electron chi connectivity index (χ3n) is 2.80. The molecule has 1 rings (SSSR count). The number of rotatable bonds is 4. The molecule has 0 aliphatic carbocycles. The number of piperidine rings is 1. The minimum absolute atomic E-state index is 0.438. The molecule has 0 spiro atoms. The third kappa shape index (κ3) is 4.63. The summed E-state index contributed by atoms with van der Waals surface area (Å²) in [6.45, 7) is 8.24. The highest BCUT2D eigenvalue weighted by molar-refractivity contribution is 4.74. The first-order chi connectivity index (χ1) is 6.18. The van der Waals surface area contributed by atoms with E-state index in [1.165, 1.54) is 38.8 Å². The number of hydrogen-bond donors (Lipinski definition) is 1. The quantitative estimate of drug-likeness (QED) is 0.722. The van der Waals surface area contributed by atoms with Gasteiger partial charge in [0.1, 0.15) is 0 Å². The maximum atomic E-state index is 5.91. The molecule has 78 valence electrons. The summed E-state index contributed by atoms with van der Waals surface area (Å²) >= 11 is 0. The van der Waals surface area contributed by atoms with E-state index in [2.05, 4.69) is 18.7 Å². The molecule has 0 saturated carbocycles. The fourth-order valence-electron chi connectivity index (χ4n) is 2.02. The molecular weight excluding hydrogens is 160 g/mol. The number of nitrogens with zero attached hydrogens (tertiary/aromatic N) is 1. The lowest BCUT2D eigenvalue weighted by molar-refractivity contribution is 0.203. The molecule has 1 atom stereocenters. The third-order valence-corrected chi connectivity index (χ3v) is 2.80. The van der Waals surface area contributed by atoms with Gasteiger partial charge in [0.25, 0.3) is 0 Å². The van der Waals surface area contributed by atoms with Gasteiger partial charge in [-0.25, -0.2) is 0 Å². The van der Waals surface area contributed by atoms with Crippen LogP contribution in [-0.2, 0) is 0 Å². The maximum Gasteiger partial charge on any atom is 0.0168 e. The molecule has 0 radical (unpaired) electrons. The highest BCUT2D eigenvalue weighted by atomic mass is 15.1. The Balaban J connectivity index is 2.06. The Labute approximate surface area is 82.5 Å². The minimum Gasteiger partial charge on any atom is -0.327 e. The summed E-state index contributed by atoms with van der Waals surface area (Å²) in [4.78, 5) is 2.52. The monoisotopic (exact) mass is 184 g/mol. The Morgan fingerprint density at radius 1 is 1.46 bits per heavy atom. The van der Waals surface area contributed by atoms with Gasteiger partial charge in [-0.3, -0.25) is 0 Å². The maximum absolute atomic E-state index is 5.91. The highest BCUT2D eigenvalue weighted by Crippen LogP contribution is 2.10. The van der Waals surface area contributed by atoms with Crippen LogP contribution in [0.2, 0.25) is 0 Å². The van der Waals surface area contributed by atoms with E-state index in [0.717, 1.165) is 12.5 Å². The van der Waals surface area contributed by atoms with Crippen LogP contribution in [0.25, 0.3) is 0 Å². The van der Waals surface area contributed by atoms with Gasteiger partial charge < -0.3 is 10.6 Å². The Kier molecular flexibility index (Phi) is 4.74. The molecule has 13 heavy (non-hydrogen) atoms. The average molecular weight is 184 g/mol. The fraction of sp³-hybridized carbons (Fsp3) is 1.00. The molecule has 1 fully saturated rings. The molecule has 1 aliphatic heterocycles. The van der Waals surface area contributed by atoms with Crippen molar-refractivity contribution >= 4 is 0 Å². The molecule has 1 unspecified atom stereocenters. The predicted molar refractivity (Wildman–Crippen MR) is 57.7 cm³/mol. The first kappa shape index (κ1) is 11.0. The summed E-state index contributed by atoms with van der Waals surface area (Å²) in [6, 6.07) is 0.438. The van der Waals surface area contributed by atoms with Gasteiger partial charge in [-0.15, -0.1) is 0 Å². The van der Waals surface area contributed by atoms with Crippen LogP contribution in [0.1, 0.15) is 39.5 Å². The van der Waals surface area contributed by atoms with Crippen LogP contribution < -0.4 is 5.73 Å². The van der Waals surface area contributed by atoms with E-state index >= 15 is 0 Å². The summed E-state index contributed by atoms with van der Waals surface area (Å²) in [5, 5.41) is 0. The molecule has 0 amide bonds. The van der Waals surface area contributed by atoms with Crippen molar-refractivity contribution in [2.75, 3.05) is 19.6 Å². The van der Waals surface area contributed by atoms with Crippen molar-refractivity contribution in [3.63, 3.8) is 0 Å². The number of likely N-dealkylation sites (tertiary alicyclic amines) is 1. The van der Waals surface area contributed by atoms with E-state index in [9.17, 15) is 0 Å². The smallest absolute Gasteiger partial charge is 0.0168 e. The second-order valence-electron chi connectivity index (χ2n) is 4.74. The molecule has 2 nitrogen and oxygen atoms in total. The van der Waals surface area contributed by atoms with Gasteiger partial charge in [0.15, 0.2) is 0 Å². The van der Waals surface area contributed by atoms with Crippen molar-refractivity contribution in [2.24, 2.45) is 11.7 Å². The van der Waals surface area contributed by atoms with E-state index in [0.29, 0.717) is 6.04 Å². The molecular formula is C11H24N2. The molecule has 0 aromatic carbocycles. The summed E-state index contributed by atoms with van der Waals surface area (Å²) in [7, 11) is 0.